The first-order chi connectivity index (χ1) is 9.44. The molecule has 6 heteroatoms. The summed E-state index contributed by atoms with van der Waals surface area (Å²) in [6.07, 6.45) is 2.24. The summed E-state index contributed by atoms with van der Waals surface area (Å²) in [5, 5.41) is 3.43. The number of benzene rings is 1. The number of nitrogens with one attached hydrogen (secondary N) is 1. The van der Waals surface area contributed by atoms with Crippen LogP contribution in [0.4, 0.5) is 0 Å². The Balaban J connectivity index is 1.88. The van der Waals surface area contributed by atoms with Crippen molar-refractivity contribution in [2.75, 3.05) is 13.2 Å². The van der Waals surface area contributed by atoms with Gasteiger partial charge in [0.25, 0.3) is 5.91 Å². The van der Waals surface area contributed by atoms with Gasteiger partial charge in [0.05, 0.1) is 10.6 Å². The van der Waals surface area contributed by atoms with Crippen molar-refractivity contribution < 1.29 is 9.53 Å². The van der Waals surface area contributed by atoms with E-state index in [0.717, 1.165) is 17.3 Å². The number of carbonyl (C=O) groups excluding carboxylic acids is 1. The summed E-state index contributed by atoms with van der Waals surface area (Å²) in [6.45, 7) is 2.35. The molecule has 4 nitrogen and oxygen atoms in total. The van der Waals surface area contributed by atoms with Crippen LogP contribution < -0.4 is 15.8 Å². The van der Waals surface area contributed by atoms with Crippen LogP contribution >= 0.6 is 27.5 Å². The number of carbonyl (C=O) groups is 1. The maximum Gasteiger partial charge on any atom is 0.258 e. The third-order valence-corrected chi connectivity index (χ3v) is 4.37. The fourth-order valence-electron chi connectivity index (χ4n) is 2.13. The van der Waals surface area contributed by atoms with Crippen LogP contribution in [0.25, 0.3) is 0 Å². The predicted octanol–water partition coefficient (Wildman–Crippen LogP) is 2.72. The van der Waals surface area contributed by atoms with E-state index in [0.29, 0.717) is 23.2 Å². The summed E-state index contributed by atoms with van der Waals surface area (Å²) in [5.41, 5.74) is 5.43. The molecule has 0 aromatic heterocycles. The van der Waals surface area contributed by atoms with Crippen molar-refractivity contribution in [3.63, 3.8) is 0 Å². The lowest BCUT2D eigenvalue weighted by molar-refractivity contribution is -0.125. The van der Waals surface area contributed by atoms with Crippen LogP contribution in [-0.2, 0) is 4.79 Å². The number of halogens is 2. The molecule has 1 saturated carbocycles. The fraction of sp³-hybridized carbons (Fsp3) is 0.500. The second-order valence-electron chi connectivity index (χ2n) is 5.31. The van der Waals surface area contributed by atoms with Gasteiger partial charge in [0.15, 0.2) is 6.61 Å². The Kier molecular flexibility index (Phi) is 4.94. The summed E-state index contributed by atoms with van der Waals surface area (Å²) < 4.78 is 6.30. The summed E-state index contributed by atoms with van der Waals surface area (Å²) in [5.74, 6) is 0.794. The quantitative estimate of drug-likeness (QED) is 0.819. The first-order valence-electron chi connectivity index (χ1n) is 6.53. The first-order valence-corrected chi connectivity index (χ1v) is 7.70. The molecule has 0 saturated heterocycles. The molecule has 1 unspecified atom stereocenters. The molecule has 2 rings (SSSR count). The SMILES string of the molecule is CC(CN)(NC(=O)COc1ccc(Br)cc1Cl)C1CC1. The van der Waals surface area contributed by atoms with E-state index in [1.807, 2.05) is 13.0 Å². The Morgan fingerprint density at radius 1 is 1.60 bits per heavy atom. The number of amides is 1. The zero-order valence-electron chi connectivity index (χ0n) is 11.3. The maximum atomic E-state index is 12.0. The van der Waals surface area contributed by atoms with Crippen molar-refractivity contribution >= 4 is 33.4 Å². The minimum atomic E-state index is -0.329. The van der Waals surface area contributed by atoms with Gasteiger partial charge in [0, 0.05) is 11.0 Å². The second kappa shape index (κ2) is 6.33. The zero-order chi connectivity index (χ0) is 14.8. The molecule has 1 atom stereocenters. The highest BCUT2D eigenvalue weighted by Gasteiger charge is 2.41. The Morgan fingerprint density at radius 2 is 2.30 bits per heavy atom. The molecule has 0 radical (unpaired) electrons. The predicted molar refractivity (Wildman–Crippen MR) is 83.0 cm³/mol. The minimum absolute atomic E-state index is 0.0658. The van der Waals surface area contributed by atoms with Gasteiger partial charge in [-0.05, 0) is 43.9 Å². The van der Waals surface area contributed by atoms with Crippen molar-refractivity contribution in [1.82, 2.24) is 5.32 Å². The van der Waals surface area contributed by atoms with Gasteiger partial charge in [-0.2, -0.15) is 0 Å². The maximum absolute atomic E-state index is 12.0. The van der Waals surface area contributed by atoms with Crippen LogP contribution in [0.15, 0.2) is 22.7 Å². The van der Waals surface area contributed by atoms with Gasteiger partial charge in [-0.3, -0.25) is 4.79 Å². The number of ether oxygens (including phenoxy) is 1. The molecular weight excluding hydrogens is 344 g/mol. The van der Waals surface area contributed by atoms with E-state index < -0.39 is 0 Å². The average Bonchev–Trinajstić information content (AvgIpc) is 3.22. The van der Waals surface area contributed by atoms with E-state index in [4.69, 9.17) is 22.1 Å². The van der Waals surface area contributed by atoms with Crippen LogP contribution in [0, 0.1) is 5.92 Å². The normalized spacial score (nSPS) is 17.4. The number of nitrogens with two attached hydrogens (primary N) is 1. The molecule has 0 heterocycles. The van der Waals surface area contributed by atoms with Gasteiger partial charge in [-0.1, -0.05) is 27.5 Å². The van der Waals surface area contributed by atoms with Crippen LogP contribution in [0.3, 0.4) is 0 Å². The number of hydrogen-bond donors (Lipinski definition) is 2. The molecule has 1 amide bonds. The molecule has 110 valence electrons. The van der Waals surface area contributed by atoms with E-state index in [9.17, 15) is 4.79 Å². The van der Waals surface area contributed by atoms with E-state index in [-0.39, 0.29) is 18.1 Å². The molecule has 1 aromatic carbocycles. The topological polar surface area (TPSA) is 64.3 Å². The van der Waals surface area contributed by atoms with Crippen LogP contribution in [0.5, 0.6) is 5.75 Å². The molecule has 0 bridgehead atoms. The fourth-order valence-corrected chi connectivity index (χ4v) is 2.86. The summed E-state index contributed by atoms with van der Waals surface area (Å²) in [6, 6.07) is 5.26. The largest absolute Gasteiger partial charge is 0.482 e. The first kappa shape index (κ1) is 15.6. The molecule has 0 spiro atoms. The lowest BCUT2D eigenvalue weighted by Gasteiger charge is -2.29. The molecule has 3 N–H and O–H groups in total. The van der Waals surface area contributed by atoms with Crippen molar-refractivity contribution in [1.29, 1.82) is 0 Å². The molecule has 1 aliphatic rings. The lowest BCUT2D eigenvalue weighted by atomic mass is 9.96. The van der Waals surface area contributed by atoms with Gasteiger partial charge >= 0.3 is 0 Å². The summed E-state index contributed by atoms with van der Waals surface area (Å²) in [7, 11) is 0. The van der Waals surface area contributed by atoms with Crippen molar-refractivity contribution in [2.24, 2.45) is 11.7 Å². The average molecular weight is 362 g/mol. The Hall–Kier alpha value is -0.780. The van der Waals surface area contributed by atoms with Gasteiger partial charge in [-0.15, -0.1) is 0 Å². The molecule has 1 aromatic rings. The van der Waals surface area contributed by atoms with Crippen LogP contribution in [-0.4, -0.2) is 24.6 Å². The van der Waals surface area contributed by atoms with Crippen molar-refractivity contribution in [3.8, 4) is 5.75 Å². The highest BCUT2D eigenvalue weighted by molar-refractivity contribution is 9.10. The van der Waals surface area contributed by atoms with E-state index in [1.54, 1.807) is 12.1 Å². The van der Waals surface area contributed by atoms with Crippen LogP contribution in [0.2, 0.25) is 5.02 Å². The number of hydrogen-bond acceptors (Lipinski definition) is 3. The molecule has 1 fully saturated rings. The number of rotatable bonds is 6. The van der Waals surface area contributed by atoms with Gasteiger partial charge < -0.3 is 15.8 Å². The zero-order valence-corrected chi connectivity index (χ0v) is 13.6. The highest BCUT2D eigenvalue weighted by Crippen LogP contribution is 2.38. The monoisotopic (exact) mass is 360 g/mol. The standard InChI is InChI=1S/C14H18BrClN2O2/c1-14(8-17,9-2-3-9)18-13(19)7-20-12-5-4-10(15)6-11(12)16/h4-6,9H,2-3,7-8,17H2,1H3,(H,18,19). The third kappa shape index (κ3) is 3.87. The van der Waals surface area contributed by atoms with Crippen molar-refractivity contribution in [3.05, 3.63) is 27.7 Å². The van der Waals surface area contributed by atoms with E-state index in [1.165, 1.54) is 0 Å². The third-order valence-electron chi connectivity index (χ3n) is 3.58. The Morgan fingerprint density at radius 3 is 2.85 bits per heavy atom. The lowest BCUT2D eigenvalue weighted by Crippen LogP contribution is -2.54. The van der Waals surface area contributed by atoms with Gasteiger partial charge in [0.2, 0.25) is 0 Å². The molecule has 0 aliphatic heterocycles. The Labute approximate surface area is 132 Å². The Bertz CT molecular complexity index is 508. The molecule has 1 aliphatic carbocycles. The van der Waals surface area contributed by atoms with Gasteiger partial charge in [0.1, 0.15) is 5.75 Å². The second-order valence-corrected chi connectivity index (χ2v) is 6.63. The summed E-state index contributed by atoms with van der Waals surface area (Å²) in [4.78, 5) is 12.0. The van der Waals surface area contributed by atoms with Crippen LogP contribution in [0.1, 0.15) is 19.8 Å². The minimum Gasteiger partial charge on any atom is -0.482 e. The summed E-state index contributed by atoms with van der Waals surface area (Å²) >= 11 is 9.34. The van der Waals surface area contributed by atoms with Gasteiger partial charge in [-0.25, -0.2) is 0 Å². The smallest absolute Gasteiger partial charge is 0.258 e. The van der Waals surface area contributed by atoms with Crippen molar-refractivity contribution in [2.45, 2.75) is 25.3 Å². The van der Waals surface area contributed by atoms with E-state index in [2.05, 4.69) is 21.2 Å². The van der Waals surface area contributed by atoms with E-state index >= 15 is 0 Å². The highest BCUT2D eigenvalue weighted by atomic mass is 79.9. The molecule has 20 heavy (non-hydrogen) atoms. The molecular formula is C14H18BrClN2O2.